The Bertz CT molecular complexity index is 872. The zero-order valence-electron chi connectivity index (χ0n) is 22.8. The van der Waals surface area contributed by atoms with Crippen molar-refractivity contribution >= 4 is 0 Å². The Labute approximate surface area is 218 Å². The van der Waals surface area contributed by atoms with E-state index >= 15 is 0 Å². The van der Waals surface area contributed by atoms with Crippen molar-refractivity contribution < 1.29 is 8.78 Å². The first-order valence-corrected chi connectivity index (χ1v) is 14.9. The fourth-order valence-electron chi connectivity index (χ4n) is 5.73. The van der Waals surface area contributed by atoms with Crippen LogP contribution >= 0.6 is 0 Å². The Hall–Kier alpha value is -1.84. The number of halogens is 2. The van der Waals surface area contributed by atoms with E-state index in [0.717, 1.165) is 49.6 Å². The average molecular weight is 499 g/mol. The Morgan fingerprint density at radius 1 is 0.639 bits per heavy atom. The lowest BCUT2D eigenvalue weighted by molar-refractivity contribution is 0.248. The third kappa shape index (κ3) is 9.23. The van der Waals surface area contributed by atoms with E-state index < -0.39 is 11.6 Å². The molecule has 36 heavy (non-hydrogen) atoms. The number of aryl methyl sites for hydroxylation is 2. The lowest BCUT2D eigenvalue weighted by atomic mass is 9.78. The number of benzene rings is 1. The topological polar surface area (TPSA) is 25.8 Å². The van der Waals surface area contributed by atoms with Crippen LogP contribution in [0.4, 0.5) is 8.78 Å². The molecule has 0 saturated heterocycles. The summed E-state index contributed by atoms with van der Waals surface area (Å²) < 4.78 is 29.4. The normalized spacial score (nSPS) is 18.0. The molecule has 200 valence electrons. The van der Waals surface area contributed by atoms with Gasteiger partial charge in [0.25, 0.3) is 0 Å². The predicted molar refractivity (Wildman–Crippen MR) is 147 cm³/mol. The Morgan fingerprint density at radius 3 is 1.92 bits per heavy atom. The van der Waals surface area contributed by atoms with Gasteiger partial charge in [0.1, 0.15) is 0 Å². The van der Waals surface area contributed by atoms with Gasteiger partial charge in [-0.2, -0.15) is 10.2 Å². The number of hydrogen-bond donors (Lipinski definition) is 0. The molecule has 0 radical (unpaired) electrons. The van der Waals surface area contributed by atoms with Crippen molar-refractivity contribution in [1.82, 2.24) is 10.2 Å². The highest BCUT2D eigenvalue weighted by Crippen LogP contribution is 2.34. The van der Waals surface area contributed by atoms with E-state index in [-0.39, 0.29) is 5.56 Å². The van der Waals surface area contributed by atoms with Crippen LogP contribution in [-0.4, -0.2) is 10.2 Å². The number of nitrogens with zero attached hydrogens (tertiary/aromatic N) is 2. The summed E-state index contributed by atoms with van der Waals surface area (Å²) in [5, 5.41) is 8.60. The fourth-order valence-corrected chi connectivity index (χ4v) is 5.73. The summed E-state index contributed by atoms with van der Waals surface area (Å²) in [7, 11) is 0. The van der Waals surface area contributed by atoms with Gasteiger partial charge in [-0.25, -0.2) is 8.78 Å². The molecule has 1 heterocycles. The molecular weight excluding hydrogens is 450 g/mol. The molecule has 0 amide bonds. The molecule has 0 bridgehead atoms. The summed E-state index contributed by atoms with van der Waals surface area (Å²) in [6, 6.07) is 7.10. The van der Waals surface area contributed by atoms with Gasteiger partial charge in [-0.15, -0.1) is 0 Å². The summed E-state index contributed by atoms with van der Waals surface area (Å²) in [5.74, 6) is 0.184. The molecular formula is C32H48F2N2. The van der Waals surface area contributed by atoms with Crippen LogP contribution in [0.15, 0.2) is 24.3 Å². The molecule has 1 saturated carbocycles. The van der Waals surface area contributed by atoms with Gasteiger partial charge >= 0.3 is 0 Å². The molecule has 0 unspecified atom stereocenters. The molecule has 2 nitrogen and oxygen atoms in total. The average Bonchev–Trinajstić information content (AvgIpc) is 2.91. The summed E-state index contributed by atoms with van der Waals surface area (Å²) in [6.07, 6.45) is 21.9. The summed E-state index contributed by atoms with van der Waals surface area (Å²) in [4.78, 5) is 0. The zero-order chi connectivity index (χ0) is 25.6. The van der Waals surface area contributed by atoms with Crippen molar-refractivity contribution in [2.45, 2.75) is 129 Å². The molecule has 2 aromatic rings. The van der Waals surface area contributed by atoms with Gasteiger partial charge in [-0.3, -0.25) is 0 Å². The van der Waals surface area contributed by atoms with E-state index in [2.05, 4.69) is 24.0 Å². The Morgan fingerprint density at radius 2 is 1.28 bits per heavy atom. The highest BCUT2D eigenvalue weighted by atomic mass is 19.2. The first-order valence-electron chi connectivity index (χ1n) is 14.9. The molecule has 1 fully saturated rings. The van der Waals surface area contributed by atoms with Crippen molar-refractivity contribution in [1.29, 1.82) is 0 Å². The molecule has 0 N–H and O–H groups in total. The van der Waals surface area contributed by atoms with Crippen LogP contribution in [0, 0.1) is 23.5 Å². The summed E-state index contributed by atoms with van der Waals surface area (Å²) in [5.41, 5.74) is 2.02. The van der Waals surface area contributed by atoms with Crippen LogP contribution in [0.2, 0.25) is 0 Å². The largest absolute Gasteiger partial charge is 0.203 e. The smallest absolute Gasteiger partial charge is 0.168 e. The maximum atomic E-state index is 14.8. The van der Waals surface area contributed by atoms with E-state index in [9.17, 15) is 8.78 Å². The second-order valence-corrected chi connectivity index (χ2v) is 11.1. The van der Waals surface area contributed by atoms with Crippen molar-refractivity contribution in [3.8, 4) is 11.3 Å². The van der Waals surface area contributed by atoms with Crippen LogP contribution in [0.5, 0.6) is 0 Å². The third-order valence-electron chi connectivity index (χ3n) is 8.20. The van der Waals surface area contributed by atoms with Crippen molar-refractivity contribution in [3.05, 3.63) is 47.2 Å². The predicted octanol–water partition coefficient (Wildman–Crippen LogP) is 10.0. The third-order valence-corrected chi connectivity index (χ3v) is 8.20. The van der Waals surface area contributed by atoms with Gasteiger partial charge < -0.3 is 0 Å². The van der Waals surface area contributed by atoms with Gasteiger partial charge in [0.05, 0.1) is 11.4 Å². The van der Waals surface area contributed by atoms with E-state index in [0.29, 0.717) is 17.7 Å². The highest BCUT2D eigenvalue weighted by Gasteiger charge is 2.21. The van der Waals surface area contributed by atoms with Crippen LogP contribution in [-0.2, 0) is 12.8 Å². The van der Waals surface area contributed by atoms with Gasteiger partial charge in [0.15, 0.2) is 11.6 Å². The maximum Gasteiger partial charge on any atom is 0.168 e. The van der Waals surface area contributed by atoms with Crippen LogP contribution in [0.25, 0.3) is 11.3 Å². The second-order valence-electron chi connectivity index (χ2n) is 11.1. The molecule has 1 aromatic heterocycles. The van der Waals surface area contributed by atoms with Gasteiger partial charge in [0, 0.05) is 5.56 Å². The quantitative estimate of drug-likeness (QED) is 0.215. The molecule has 1 aliphatic rings. The molecule has 4 heteroatoms. The summed E-state index contributed by atoms with van der Waals surface area (Å²) >= 11 is 0. The number of unbranched alkanes of at least 4 members (excludes halogenated alkanes) is 8. The van der Waals surface area contributed by atoms with E-state index in [4.69, 9.17) is 0 Å². The molecule has 0 atom stereocenters. The lowest BCUT2D eigenvalue weighted by Gasteiger charge is -2.28. The molecule has 1 aliphatic carbocycles. The minimum Gasteiger partial charge on any atom is -0.203 e. The zero-order valence-corrected chi connectivity index (χ0v) is 22.8. The standard InChI is InChI=1S/C32H48F2N2/c1-3-5-7-9-11-13-25-15-17-26(18-16-25)19-21-28-22-24-30(36-35-28)29-23-20-27(31(33)32(29)34)14-12-10-8-6-4-2/h20,22-26H,3-19,21H2,1-2H3. The van der Waals surface area contributed by atoms with E-state index in [1.165, 1.54) is 77.0 Å². The van der Waals surface area contributed by atoms with E-state index in [1.807, 2.05) is 6.07 Å². The van der Waals surface area contributed by atoms with Crippen LogP contribution < -0.4 is 0 Å². The van der Waals surface area contributed by atoms with Gasteiger partial charge in [0.2, 0.25) is 0 Å². The Balaban J connectivity index is 1.42. The monoisotopic (exact) mass is 498 g/mol. The minimum atomic E-state index is -0.801. The van der Waals surface area contributed by atoms with E-state index in [1.54, 1.807) is 18.2 Å². The lowest BCUT2D eigenvalue weighted by Crippen LogP contribution is -2.15. The molecule has 3 rings (SSSR count). The minimum absolute atomic E-state index is 0.203. The first kappa shape index (κ1) is 28.7. The van der Waals surface area contributed by atoms with Crippen molar-refractivity contribution in [2.24, 2.45) is 11.8 Å². The molecule has 0 aliphatic heterocycles. The van der Waals surface area contributed by atoms with Crippen LogP contribution in [0.3, 0.4) is 0 Å². The number of rotatable bonds is 16. The van der Waals surface area contributed by atoms with Gasteiger partial charge in [-0.1, -0.05) is 110 Å². The van der Waals surface area contributed by atoms with Crippen molar-refractivity contribution in [3.63, 3.8) is 0 Å². The fraction of sp³-hybridized carbons (Fsp3) is 0.688. The number of aromatic nitrogens is 2. The summed E-state index contributed by atoms with van der Waals surface area (Å²) in [6.45, 7) is 4.45. The second kappa shape index (κ2) is 16.1. The highest BCUT2D eigenvalue weighted by molar-refractivity contribution is 5.60. The Kier molecular flexibility index (Phi) is 12.8. The number of hydrogen-bond acceptors (Lipinski definition) is 2. The SMILES string of the molecule is CCCCCCCc1ccc(-c2ccc(CCC3CCC(CCCCCCC)CC3)nn2)c(F)c1F. The molecule has 0 spiro atoms. The van der Waals surface area contributed by atoms with Crippen molar-refractivity contribution in [2.75, 3.05) is 0 Å². The van der Waals surface area contributed by atoms with Gasteiger partial charge in [-0.05, 0) is 61.3 Å². The van der Waals surface area contributed by atoms with Crippen LogP contribution in [0.1, 0.15) is 128 Å². The maximum absolute atomic E-state index is 14.8. The first-order chi connectivity index (χ1) is 17.6. The molecule has 1 aromatic carbocycles.